The summed E-state index contributed by atoms with van der Waals surface area (Å²) in [6, 6.07) is 9.55. The molecule has 0 radical (unpaired) electrons. The van der Waals surface area contributed by atoms with Crippen molar-refractivity contribution in [2.75, 3.05) is 0 Å². The molecule has 0 spiro atoms. The first-order valence-electron chi connectivity index (χ1n) is 5.54. The smallest absolute Gasteiger partial charge is 0.311 e. The van der Waals surface area contributed by atoms with Crippen LogP contribution in [0.15, 0.2) is 34.9 Å². The number of benzene rings is 1. The number of rotatable bonds is 2. The van der Waals surface area contributed by atoms with Crippen LogP contribution in [-0.2, 0) is 11.2 Å². The van der Waals surface area contributed by atoms with Crippen molar-refractivity contribution >= 4 is 5.97 Å². The summed E-state index contributed by atoms with van der Waals surface area (Å²) >= 11 is 0. The van der Waals surface area contributed by atoms with Crippen molar-refractivity contribution in [2.24, 2.45) is 0 Å². The number of hydrogen-bond acceptors (Lipinski definition) is 3. The molecule has 1 atom stereocenters. The van der Waals surface area contributed by atoms with Gasteiger partial charge < -0.3 is 9.63 Å². The average Bonchev–Trinajstić information content (AvgIpc) is 2.90. The van der Waals surface area contributed by atoms with Gasteiger partial charge in [-0.15, -0.1) is 0 Å². The maximum Gasteiger partial charge on any atom is 0.311 e. The Kier molecular flexibility index (Phi) is 2.21. The number of aliphatic carboxylic acids is 1. The molecule has 1 aromatic heterocycles. The summed E-state index contributed by atoms with van der Waals surface area (Å²) in [7, 11) is 0. The number of aryl methyl sites for hydroxylation is 1. The predicted molar refractivity (Wildman–Crippen MR) is 60.6 cm³/mol. The fourth-order valence-corrected chi connectivity index (χ4v) is 2.34. The van der Waals surface area contributed by atoms with E-state index in [2.05, 4.69) is 5.16 Å². The fraction of sp³-hybridized carbons (Fsp3) is 0.231. The van der Waals surface area contributed by atoms with Crippen LogP contribution in [-0.4, -0.2) is 16.2 Å². The molecule has 17 heavy (non-hydrogen) atoms. The average molecular weight is 229 g/mol. The van der Waals surface area contributed by atoms with Crippen LogP contribution < -0.4 is 0 Å². The van der Waals surface area contributed by atoms with E-state index in [1.165, 1.54) is 0 Å². The van der Waals surface area contributed by atoms with Gasteiger partial charge >= 0.3 is 5.97 Å². The van der Waals surface area contributed by atoms with Gasteiger partial charge in [-0.05, 0) is 6.42 Å². The van der Waals surface area contributed by atoms with Gasteiger partial charge in [0.25, 0.3) is 0 Å². The van der Waals surface area contributed by atoms with E-state index in [0.717, 1.165) is 16.9 Å². The number of aromatic nitrogens is 1. The molecule has 1 N–H and O–H groups in total. The summed E-state index contributed by atoms with van der Waals surface area (Å²) in [5.41, 5.74) is 2.33. The maximum atomic E-state index is 11.2. The van der Waals surface area contributed by atoms with Gasteiger partial charge in [-0.25, -0.2) is 0 Å². The molecule has 4 nitrogen and oxygen atoms in total. The monoisotopic (exact) mass is 229 g/mol. The summed E-state index contributed by atoms with van der Waals surface area (Å²) in [6.45, 7) is 0. The molecule has 4 heteroatoms. The molecule has 0 bridgehead atoms. The molecule has 0 saturated heterocycles. The van der Waals surface area contributed by atoms with Gasteiger partial charge in [-0.3, -0.25) is 4.79 Å². The highest BCUT2D eigenvalue weighted by Crippen LogP contribution is 2.39. The van der Waals surface area contributed by atoms with Crippen molar-refractivity contribution in [3.05, 3.63) is 41.7 Å². The van der Waals surface area contributed by atoms with E-state index in [-0.39, 0.29) is 0 Å². The van der Waals surface area contributed by atoms with Crippen molar-refractivity contribution in [3.8, 4) is 11.3 Å². The predicted octanol–water partition coefficient (Wildman–Crippen LogP) is 2.46. The molecule has 0 saturated carbocycles. The molecule has 3 rings (SSSR count). The third-order valence-electron chi connectivity index (χ3n) is 3.16. The third kappa shape index (κ3) is 1.53. The lowest BCUT2D eigenvalue weighted by atomic mass is 9.98. The Morgan fingerprint density at radius 2 is 2.12 bits per heavy atom. The standard InChI is InChI=1S/C13H11NO3/c15-13(16)9-6-7-10-11(9)12(14-17-10)8-4-2-1-3-5-8/h1-5,9H,6-7H2,(H,15,16). The molecule has 0 amide bonds. The summed E-state index contributed by atoms with van der Waals surface area (Å²) in [4.78, 5) is 11.2. The van der Waals surface area contributed by atoms with Crippen molar-refractivity contribution in [2.45, 2.75) is 18.8 Å². The number of carboxylic acids is 1. The zero-order valence-corrected chi connectivity index (χ0v) is 9.09. The SMILES string of the molecule is O=C(O)C1CCc2onc(-c3ccccc3)c21. The highest BCUT2D eigenvalue weighted by atomic mass is 16.5. The highest BCUT2D eigenvalue weighted by Gasteiger charge is 2.35. The quantitative estimate of drug-likeness (QED) is 0.859. The van der Waals surface area contributed by atoms with Gasteiger partial charge in [0.2, 0.25) is 0 Å². The number of carboxylic acid groups (broad SMARTS) is 1. The molecule has 1 aromatic carbocycles. The zero-order chi connectivity index (χ0) is 11.8. The van der Waals surface area contributed by atoms with Crippen LogP contribution in [0, 0.1) is 0 Å². The summed E-state index contributed by atoms with van der Waals surface area (Å²) in [5.74, 6) is -0.563. The Bertz CT molecular complexity index is 559. The Morgan fingerprint density at radius 1 is 1.35 bits per heavy atom. The second kappa shape index (κ2) is 3.73. The lowest BCUT2D eigenvalue weighted by molar-refractivity contribution is -0.138. The minimum atomic E-state index is -0.802. The maximum absolute atomic E-state index is 11.2. The van der Waals surface area contributed by atoms with E-state index in [1.54, 1.807) is 0 Å². The number of hydrogen-bond donors (Lipinski definition) is 1. The second-order valence-corrected chi connectivity index (χ2v) is 4.16. The molecule has 1 aliphatic carbocycles. The van der Waals surface area contributed by atoms with Crippen LogP contribution in [0.4, 0.5) is 0 Å². The van der Waals surface area contributed by atoms with Gasteiger partial charge in [0, 0.05) is 17.5 Å². The minimum Gasteiger partial charge on any atom is -0.481 e. The summed E-state index contributed by atoms with van der Waals surface area (Å²) < 4.78 is 5.23. The molecule has 0 fully saturated rings. The van der Waals surface area contributed by atoms with Gasteiger partial charge in [0.1, 0.15) is 11.5 Å². The van der Waals surface area contributed by atoms with Crippen LogP contribution in [0.3, 0.4) is 0 Å². The van der Waals surface area contributed by atoms with Crippen LogP contribution in [0.25, 0.3) is 11.3 Å². The lowest BCUT2D eigenvalue weighted by Gasteiger charge is -2.05. The topological polar surface area (TPSA) is 63.3 Å². The molecular formula is C13H11NO3. The molecular weight excluding hydrogens is 218 g/mol. The van der Waals surface area contributed by atoms with Crippen LogP contribution >= 0.6 is 0 Å². The first-order chi connectivity index (χ1) is 8.27. The van der Waals surface area contributed by atoms with E-state index in [0.29, 0.717) is 18.5 Å². The third-order valence-corrected chi connectivity index (χ3v) is 3.16. The Balaban J connectivity index is 2.12. The Morgan fingerprint density at radius 3 is 2.82 bits per heavy atom. The van der Waals surface area contributed by atoms with Gasteiger partial charge in [0.15, 0.2) is 0 Å². The molecule has 1 heterocycles. The highest BCUT2D eigenvalue weighted by molar-refractivity contribution is 5.81. The van der Waals surface area contributed by atoms with E-state index in [9.17, 15) is 9.90 Å². The number of fused-ring (bicyclic) bond motifs is 1. The van der Waals surface area contributed by atoms with Crippen molar-refractivity contribution < 1.29 is 14.4 Å². The Labute approximate surface area is 97.9 Å². The van der Waals surface area contributed by atoms with E-state index >= 15 is 0 Å². The van der Waals surface area contributed by atoms with Crippen molar-refractivity contribution in [1.29, 1.82) is 0 Å². The van der Waals surface area contributed by atoms with Gasteiger partial charge in [-0.2, -0.15) is 0 Å². The number of carbonyl (C=O) groups is 1. The molecule has 86 valence electrons. The van der Waals surface area contributed by atoms with Crippen LogP contribution in [0.1, 0.15) is 23.7 Å². The lowest BCUT2D eigenvalue weighted by Crippen LogP contribution is -2.08. The zero-order valence-electron chi connectivity index (χ0n) is 9.09. The first-order valence-corrected chi connectivity index (χ1v) is 5.54. The summed E-state index contributed by atoms with van der Waals surface area (Å²) in [5, 5.41) is 13.2. The molecule has 2 aromatic rings. The van der Waals surface area contributed by atoms with E-state index in [4.69, 9.17) is 4.52 Å². The first kappa shape index (κ1) is 10.1. The van der Waals surface area contributed by atoms with Gasteiger partial charge in [-0.1, -0.05) is 35.5 Å². The van der Waals surface area contributed by atoms with Crippen LogP contribution in [0.5, 0.6) is 0 Å². The fourth-order valence-electron chi connectivity index (χ4n) is 2.34. The van der Waals surface area contributed by atoms with Crippen molar-refractivity contribution in [1.82, 2.24) is 5.16 Å². The van der Waals surface area contributed by atoms with E-state index < -0.39 is 11.9 Å². The second-order valence-electron chi connectivity index (χ2n) is 4.16. The minimum absolute atomic E-state index is 0.480. The van der Waals surface area contributed by atoms with Gasteiger partial charge in [0.05, 0.1) is 5.92 Å². The van der Waals surface area contributed by atoms with E-state index in [1.807, 2.05) is 30.3 Å². The van der Waals surface area contributed by atoms with Crippen molar-refractivity contribution in [3.63, 3.8) is 0 Å². The summed E-state index contributed by atoms with van der Waals surface area (Å²) in [6.07, 6.45) is 1.26. The Hall–Kier alpha value is -2.10. The van der Waals surface area contributed by atoms with Crippen LogP contribution in [0.2, 0.25) is 0 Å². The number of nitrogens with zero attached hydrogens (tertiary/aromatic N) is 1. The largest absolute Gasteiger partial charge is 0.481 e. The normalized spacial score (nSPS) is 18.0. The molecule has 1 aliphatic rings. The molecule has 1 unspecified atom stereocenters. The molecule has 0 aliphatic heterocycles.